The maximum Gasteiger partial charge on any atom is 0.495 e. The van der Waals surface area contributed by atoms with Crippen molar-refractivity contribution in [3.63, 3.8) is 0 Å². The van der Waals surface area contributed by atoms with Crippen molar-refractivity contribution in [2.75, 3.05) is 6.26 Å². The maximum atomic E-state index is 10.8. The summed E-state index contributed by atoms with van der Waals surface area (Å²) in [6.45, 7) is 8.13. The van der Waals surface area contributed by atoms with Gasteiger partial charge in [-0.2, -0.15) is 0 Å². The third-order valence-corrected chi connectivity index (χ3v) is 4.69. The number of aldehydes is 1. The number of thioether (sulfide) groups is 1. The molecule has 1 aliphatic heterocycles. The largest absolute Gasteiger partial charge is 0.495 e. The van der Waals surface area contributed by atoms with Crippen molar-refractivity contribution in [1.29, 1.82) is 0 Å². The lowest BCUT2D eigenvalue weighted by atomic mass is 9.78. The molecular weight excluding hydrogens is 259 g/mol. The minimum absolute atomic E-state index is 0.351. The second-order valence-electron chi connectivity index (χ2n) is 5.71. The third-order valence-electron chi connectivity index (χ3n) is 3.90. The molecule has 1 heterocycles. The van der Waals surface area contributed by atoms with Crippen LogP contribution in [-0.2, 0) is 9.31 Å². The second kappa shape index (κ2) is 4.96. The monoisotopic (exact) mass is 278 g/mol. The molecule has 1 fully saturated rings. The lowest BCUT2D eigenvalue weighted by Gasteiger charge is -2.32. The molecule has 1 aromatic rings. The first kappa shape index (κ1) is 14.6. The first-order valence-electron chi connectivity index (χ1n) is 6.29. The summed E-state index contributed by atoms with van der Waals surface area (Å²) in [5.74, 6) is 0. The van der Waals surface area contributed by atoms with Crippen molar-refractivity contribution in [2.45, 2.75) is 43.8 Å². The molecule has 1 aliphatic rings. The standard InChI is InChI=1S/C14H19BO3S/c1-13(2)14(3,4)18-15(17-13)11-7-6-10(9-16)8-12(11)19-5/h6-9H,1-5H3. The Bertz CT molecular complexity index is 483. The lowest BCUT2D eigenvalue weighted by molar-refractivity contribution is 0.00578. The van der Waals surface area contributed by atoms with Crippen molar-refractivity contribution in [3.05, 3.63) is 23.8 Å². The van der Waals surface area contributed by atoms with E-state index in [-0.39, 0.29) is 18.3 Å². The first-order chi connectivity index (χ1) is 8.80. The van der Waals surface area contributed by atoms with Gasteiger partial charge in [0.1, 0.15) is 6.29 Å². The van der Waals surface area contributed by atoms with Crippen molar-refractivity contribution >= 4 is 30.6 Å². The van der Waals surface area contributed by atoms with Crippen LogP contribution in [0.2, 0.25) is 0 Å². The average Bonchev–Trinajstić information content (AvgIpc) is 2.57. The van der Waals surface area contributed by atoms with Crippen molar-refractivity contribution in [1.82, 2.24) is 0 Å². The molecule has 1 saturated heterocycles. The Labute approximate surface area is 119 Å². The molecule has 0 atom stereocenters. The fraction of sp³-hybridized carbons (Fsp3) is 0.500. The highest BCUT2D eigenvalue weighted by Gasteiger charge is 2.52. The number of rotatable bonds is 3. The van der Waals surface area contributed by atoms with Gasteiger partial charge >= 0.3 is 7.12 Å². The molecule has 0 aromatic heterocycles. The van der Waals surface area contributed by atoms with Crippen LogP contribution >= 0.6 is 11.8 Å². The molecule has 1 aromatic carbocycles. The molecule has 0 spiro atoms. The summed E-state index contributed by atoms with van der Waals surface area (Å²) in [6.07, 6.45) is 2.84. The van der Waals surface area contributed by atoms with E-state index in [1.807, 2.05) is 46.1 Å². The van der Waals surface area contributed by atoms with Crippen molar-refractivity contribution < 1.29 is 14.1 Å². The third kappa shape index (κ3) is 2.60. The summed E-state index contributed by atoms with van der Waals surface area (Å²) in [5, 5.41) is 0. The van der Waals surface area contributed by atoms with E-state index in [1.54, 1.807) is 17.8 Å². The van der Waals surface area contributed by atoms with Crippen molar-refractivity contribution in [2.24, 2.45) is 0 Å². The van der Waals surface area contributed by atoms with E-state index in [2.05, 4.69) is 0 Å². The highest BCUT2D eigenvalue weighted by molar-refractivity contribution is 7.98. The molecule has 0 N–H and O–H groups in total. The Kier molecular flexibility index (Phi) is 3.82. The Balaban J connectivity index is 2.36. The molecule has 0 radical (unpaired) electrons. The van der Waals surface area contributed by atoms with E-state index in [9.17, 15) is 4.79 Å². The van der Waals surface area contributed by atoms with E-state index < -0.39 is 0 Å². The zero-order chi connectivity index (χ0) is 14.3. The number of carbonyl (C=O) groups excluding carboxylic acids is 1. The van der Waals surface area contributed by atoms with E-state index in [4.69, 9.17) is 9.31 Å². The molecule has 0 amide bonds. The van der Waals surface area contributed by atoms with Gasteiger partial charge in [0.2, 0.25) is 0 Å². The fourth-order valence-electron chi connectivity index (χ4n) is 1.97. The van der Waals surface area contributed by atoms with Crippen LogP contribution in [0.4, 0.5) is 0 Å². The minimum atomic E-state index is -0.381. The normalized spacial score (nSPS) is 20.6. The Hall–Kier alpha value is -0.775. The molecule has 102 valence electrons. The fourth-order valence-corrected chi connectivity index (χ4v) is 2.62. The second-order valence-corrected chi connectivity index (χ2v) is 6.56. The Morgan fingerprint density at radius 2 is 1.74 bits per heavy atom. The van der Waals surface area contributed by atoms with Gasteiger partial charge in [0.05, 0.1) is 11.2 Å². The van der Waals surface area contributed by atoms with Gasteiger partial charge in [-0.25, -0.2) is 0 Å². The predicted molar refractivity (Wildman–Crippen MR) is 79.3 cm³/mol. The molecule has 0 aliphatic carbocycles. The molecule has 0 bridgehead atoms. The van der Waals surface area contributed by atoms with E-state index in [0.717, 1.165) is 16.6 Å². The van der Waals surface area contributed by atoms with E-state index in [0.29, 0.717) is 5.56 Å². The molecular formula is C14H19BO3S. The van der Waals surface area contributed by atoms with Crippen LogP contribution < -0.4 is 5.46 Å². The summed E-state index contributed by atoms with van der Waals surface area (Å²) < 4.78 is 12.1. The molecule has 0 unspecified atom stereocenters. The van der Waals surface area contributed by atoms with Gasteiger partial charge in [-0.3, -0.25) is 4.79 Å². The Morgan fingerprint density at radius 1 is 1.16 bits per heavy atom. The Morgan fingerprint density at radius 3 is 2.21 bits per heavy atom. The lowest BCUT2D eigenvalue weighted by Crippen LogP contribution is -2.41. The molecule has 0 saturated carbocycles. The van der Waals surface area contributed by atoms with E-state index >= 15 is 0 Å². The van der Waals surface area contributed by atoms with Crippen molar-refractivity contribution in [3.8, 4) is 0 Å². The number of hydrogen-bond acceptors (Lipinski definition) is 4. The van der Waals surface area contributed by atoms with Crippen LogP contribution in [0.1, 0.15) is 38.1 Å². The van der Waals surface area contributed by atoms with Gasteiger partial charge in [0.25, 0.3) is 0 Å². The molecule has 19 heavy (non-hydrogen) atoms. The minimum Gasteiger partial charge on any atom is -0.399 e. The van der Waals surface area contributed by atoms with Gasteiger partial charge in [-0.05, 0) is 45.5 Å². The topological polar surface area (TPSA) is 35.5 Å². The number of hydrogen-bond donors (Lipinski definition) is 0. The SMILES string of the molecule is CSc1cc(C=O)ccc1B1OC(C)(C)C(C)(C)O1. The zero-order valence-corrected chi connectivity index (χ0v) is 12.8. The highest BCUT2D eigenvalue weighted by Crippen LogP contribution is 2.37. The quantitative estimate of drug-likeness (QED) is 0.483. The van der Waals surface area contributed by atoms with Gasteiger partial charge in [0, 0.05) is 10.5 Å². The van der Waals surface area contributed by atoms with Gasteiger partial charge in [-0.15, -0.1) is 11.8 Å². The zero-order valence-electron chi connectivity index (χ0n) is 12.0. The summed E-state index contributed by atoms with van der Waals surface area (Å²) in [4.78, 5) is 11.9. The van der Waals surface area contributed by atoms with Crippen LogP contribution in [0.3, 0.4) is 0 Å². The smallest absolute Gasteiger partial charge is 0.399 e. The van der Waals surface area contributed by atoms with Gasteiger partial charge in [0.15, 0.2) is 0 Å². The molecule has 3 nitrogen and oxygen atoms in total. The van der Waals surface area contributed by atoms with Crippen LogP contribution in [0.25, 0.3) is 0 Å². The van der Waals surface area contributed by atoms with E-state index in [1.165, 1.54) is 0 Å². The van der Waals surface area contributed by atoms with Gasteiger partial charge in [-0.1, -0.05) is 12.1 Å². The highest BCUT2D eigenvalue weighted by atomic mass is 32.2. The number of carbonyl (C=O) groups is 1. The van der Waals surface area contributed by atoms with Gasteiger partial charge < -0.3 is 9.31 Å². The predicted octanol–water partition coefficient (Wildman–Crippen LogP) is 2.52. The summed E-state index contributed by atoms with van der Waals surface area (Å²) in [5.41, 5.74) is 0.953. The van der Waals surface area contributed by atoms with Crippen LogP contribution in [-0.4, -0.2) is 30.9 Å². The summed E-state index contributed by atoms with van der Waals surface area (Å²) in [6, 6.07) is 5.59. The summed E-state index contributed by atoms with van der Waals surface area (Å²) in [7, 11) is -0.381. The molecule has 2 rings (SSSR count). The van der Waals surface area contributed by atoms with Crippen LogP contribution in [0.5, 0.6) is 0 Å². The molecule has 5 heteroatoms. The number of benzene rings is 1. The first-order valence-corrected chi connectivity index (χ1v) is 7.52. The van der Waals surface area contributed by atoms with Crippen LogP contribution in [0, 0.1) is 0 Å². The van der Waals surface area contributed by atoms with Crippen LogP contribution in [0.15, 0.2) is 23.1 Å². The average molecular weight is 278 g/mol. The summed E-state index contributed by atoms with van der Waals surface area (Å²) >= 11 is 1.59. The maximum absolute atomic E-state index is 10.8.